The van der Waals surface area contributed by atoms with Gasteiger partial charge in [-0.15, -0.1) is 5.10 Å². The molecule has 0 aliphatic carbocycles. The first-order valence-electron chi connectivity index (χ1n) is 12.5. The van der Waals surface area contributed by atoms with E-state index in [2.05, 4.69) is 60.3 Å². The highest BCUT2D eigenvalue weighted by Crippen LogP contribution is 2.27. The van der Waals surface area contributed by atoms with Crippen LogP contribution in [0.4, 0.5) is 0 Å². The second-order valence-corrected chi connectivity index (χ2v) is 10.7. The van der Waals surface area contributed by atoms with E-state index < -0.39 is 0 Å². The maximum atomic E-state index is 13.2. The highest BCUT2D eigenvalue weighted by molar-refractivity contribution is 5.95. The van der Waals surface area contributed by atoms with Crippen molar-refractivity contribution in [3.05, 3.63) is 87.0 Å². The molecule has 8 heteroatoms. The van der Waals surface area contributed by atoms with Gasteiger partial charge in [0.15, 0.2) is 11.2 Å². The lowest BCUT2D eigenvalue weighted by atomic mass is 9.87. The first-order valence-corrected chi connectivity index (χ1v) is 12.5. The molecule has 0 spiro atoms. The number of carbonyl (C=O) groups is 1. The van der Waals surface area contributed by atoms with E-state index >= 15 is 0 Å². The maximum absolute atomic E-state index is 13.2. The van der Waals surface area contributed by atoms with E-state index in [1.54, 1.807) is 4.68 Å². The minimum absolute atomic E-state index is 0.0200. The largest absolute Gasteiger partial charge is 0.338 e. The average molecular weight is 485 g/mol. The van der Waals surface area contributed by atoms with Crippen molar-refractivity contribution in [3.63, 3.8) is 0 Å². The summed E-state index contributed by atoms with van der Waals surface area (Å²) in [7, 11) is 0. The molecule has 0 bridgehead atoms. The van der Waals surface area contributed by atoms with Gasteiger partial charge in [0.25, 0.3) is 11.5 Å². The summed E-state index contributed by atoms with van der Waals surface area (Å²) in [6.07, 6.45) is 1.70. The SMILES string of the molecule is Cc1ccccc1C(=O)N1CCC[C@@H](c2nc3c(nnn3Cc3ccc(C(C)(C)C)cc3)c(=O)[nH]2)C1. The first kappa shape index (κ1) is 23.9. The van der Waals surface area contributed by atoms with Crippen molar-refractivity contribution in [2.24, 2.45) is 0 Å². The van der Waals surface area contributed by atoms with E-state index in [9.17, 15) is 9.59 Å². The third-order valence-corrected chi connectivity index (χ3v) is 7.02. The monoisotopic (exact) mass is 484 g/mol. The number of H-pyrrole nitrogens is 1. The molecule has 1 atom stereocenters. The molecule has 0 radical (unpaired) electrons. The molecule has 2 aromatic carbocycles. The van der Waals surface area contributed by atoms with E-state index in [0.29, 0.717) is 31.1 Å². The lowest BCUT2D eigenvalue weighted by Crippen LogP contribution is -2.40. The van der Waals surface area contributed by atoms with E-state index in [0.717, 1.165) is 29.5 Å². The van der Waals surface area contributed by atoms with Gasteiger partial charge in [0, 0.05) is 24.6 Å². The zero-order valence-corrected chi connectivity index (χ0v) is 21.3. The molecule has 8 nitrogen and oxygen atoms in total. The van der Waals surface area contributed by atoms with Gasteiger partial charge in [-0.3, -0.25) is 9.59 Å². The van der Waals surface area contributed by atoms with Crippen LogP contribution in [-0.2, 0) is 12.0 Å². The van der Waals surface area contributed by atoms with Crippen molar-refractivity contribution in [2.75, 3.05) is 13.1 Å². The van der Waals surface area contributed by atoms with Crippen LogP contribution in [0.15, 0.2) is 53.3 Å². The van der Waals surface area contributed by atoms with E-state index in [-0.39, 0.29) is 28.3 Å². The molecule has 1 saturated heterocycles. The van der Waals surface area contributed by atoms with Crippen LogP contribution < -0.4 is 5.56 Å². The van der Waals surface area contributed by atoms with Crippen LogP contribution in [-0.4, -0.2) is 48.9 Å². The van der Waals surface area contributed by atoms with E-state index in [1.165, 1.54) is 5.56 Å². The quantitative estimate of drug-likeness (QED) is 0.469. The zero-order chi connectivity index (χ0) is 25.4. The molecular formula is C28H32N6O2. The standard InChI is InChI=1S/C28H32N6O2/c1-18-8-5-6-10-22(18)27(36)33-15-7-9-20(17-33)24-29-25-23(26(35)30-24)31-32-34(25)16-19-11-13-21(14-12-19)28(2,3)4/h5-6,8,10-14,20H,7,9,15-17H2,1-4H3,(H,29,30,35)/t20-/m1/s1. The number of nitrogens with one attached hydrogen (secondary N) is 1. The molecule has 1 amide bonds. The topological polar surface area (TPSA) is 96.8 Å². The number of hydrogen-bond donors (Lipinski definition) is 1. The highest BCUT2D eigenvalue weighted by Gasteiger charge is 2.28. The number of hydrogen-bond acceptors (Lipinski definition) is 5. The highest BCUT2D eigenvalue weighted by atomic mass is 16.2. The second kappa shape index (κ2) is 9.33. The Hall–Kier alpha value is -3.81. The van der Waals surface area contributed by atoms with Gasteiger partial charge >= 0.3 is 0 Å². The fourth-order valence-corrected chi connectivity index (χ4v) is 4.83. The molecule has 1 aliphatic heterocycles. The number of carbonyl (C=O) groups excluding carboxylic acids is 1. The third kappa shape index (κ3) is 4.67. The van der Waals surface area contributed by atoms with Crippen LogP contribution in [0, 0.1) is 6.92 Å². The van der Waals surface area contributed by atoms with Crippen molar-refractivity contribution < 1.29 is 4.79 Å². The molecule has 0 unspecified atom stereocenters. The number of aromatic nitrogens is 5. The Morgan fingerprint density at radius 3 is 2.58 bits per heavy atom. The minimum atomic E-state index is -0.299. The van der Waals surface area contributed by atoms with Crippen molar-refractivity contribution >= 4 is 17.1 Å². The summed E-state index contributed by atoms with van der Waals surface area (Å²) < 4.78 is 1.68. The molecular weight excluding hydrogens is 452 g/mol. The number of piperidine rings is 1. The lowest BCUT2D eigenvalue weighted by molar-refractivity contribution is 0.0704. The number of aryl methyl sites for hydroxylation is 1. The lowest BCUT2D eigenvalue weighted by Gasteiger charge is -2.32. The summed E-state index contributed by atoms with van der Waals surface area (Å²) in [5.74, 6) is 0.547. The molecule has 4 aromatic rings. The van der Waals surface area contributed by atoms with Gasteiger partial charge in [0.05, 0.1) is 6.54 Å². The van der Waals surface area contributed by atoms with Crippen LogP contribution >= 0.6 is 0 Å². The Kier molecular flexibility index (Phi) is 6.20. The number of amides is 1. The molecule has 36 heavy (non-hydrogen) atoms. The number of benzene rings is 2. The summed E-state index contributed by atoms with van der Waals surface area (Å²) in [6.45, 7) is 10.2. The molecule has 2 aromatic heterocycles. The molecule has 0 saturated carbocycles. The number of likely N-dealkylation sites (tertiary alicyclic amines) is 1. The fraction of sp³-hybridized carbons (Fsp3) is 0.393. The summed E-state index contributed by atoms with van der Waals surface area (Å²) >= 11 is 0. The number of fused-ring (bicyclic) bond motifs is 1. The summed E-state index contributed by atoms with van der Waals surface area (Å²) in [6, 6.07) is 16.1. The number of nitrogens with zero attached hydrogens (tertiary/aromatic N) is 5. The first-order chi connectivity index (χ1) is 17.2. The smallest absolute Gasteiger partial charge is 0.281 e. The molecule has 186 valence electrons. The van der Waals surface area contributed by atoms with E-state index in [1.807, 2.05) is 36.1 Å². The Bertz CT molecular complexity index is 1460. The number of aromatic amines is 1. The molecule has 3 heterocycles. The van der Waals surface area contributed by atoms with Crippen LogP contribution in [0.3, 0.4) is 0 Å². The van der Waals surface area contributed by atoms with Crippen LogP contribution in [0.2, 0.25) is 0 Å². The predicted octanol–water partition coefficient (Wildman–Crippen LogP) is 4.19. The van der Waals surface area contributed by atoms with Gasteiger partial charge in [-0.25, -0.2) is 9.67 Å². The minimum Gasteiger partial charge on any atom is -0.338 e. The van der Waals surface area contributed by atoms with E-state index in [4.69, 9.17) is 4.98 Å². The van der Waals surface area contributed by atoms with Crippen LogP contribution in [0.5, 0.6) is 0 Å². The van der Waals surface area contributed by atoms with Gasteiger partial charge in [0.1, 0.15) is 5.82 Å². The Labute approximate surface area is 210 Å². The van der Waals surface area contributed by atoms with Crippen molar-refractivity contribution in [1.29, 1.82) is 0 Å². The molecule has 1 N–H and O–H groups in total. The molecule has 5 rings (SSSR count). The Morgan fingerprint density at radius 1 is 1.11 bits per heavy atom. The average Bonchev–Trinajstić information content (AvgIpc) is 3.27. The number of rotatable bonds is 4. The van der Waals surface area contributed by atoms with Crippen molar-refractivity contribution in [1.82, 2.24) is 29.9 Å². The normalized spacial score (nSPS) is 16.4. The van der Waals surface area contributed by atoms with Gasteiger partial charge in [-0.05, 0) is 47.9 Å². The van der Waals surface area contributed by atoms with Gasteiger partial charge in [-0.2, -0.15) is 0 Å². The van der Waals surface area contributed by atoms with Crippen molar-refractivity contribution in [3.8, 4) is 0 Å². The van der Waals surface area contributed by atoms with Gasteiger partial charge < -0.3 is 9.88 Å². The second-order valence-electron chi connectivity index (χ2n) is 10.7. The van der Waals surface area contributed by atoms with Crippen molar-refractivity contribution in [2.45, 2.75) is 58.4 Å². The summed E-state index contributed by atoms with van der Waals surface area (Å²) in [4.78, 5) is 35.6. The van der Waals surface area contributed by atoms with Gasteiger partial charge in [0.2, 0.25) is 0 Å². The summed E-state index contributed by atoms with van der Waals surface area (Å²) in [5, 5.41) is 8.31. The van der Waals surface area contributed by atoms with Gasteiger partial charge in [-0.1, -0.05) is 68.4 Å². The Morgan fingerprint density at radius 2 is 1.86 bits per heavy atom. The Balaban J connectivity index is 1.40. The predicted molar refractivity (Wildman–Crippen MR) is 139 cm³/mol. The van der Waals surface area contributed by atoms with Crippen LogP contribution in [0.25, 0.3) is 11.2 Å². The fourth-order valence-electron chi connectivity index (χ4n) is 4.83. The third-order valence-electron chi connectivity index (χ3n) is 7.02. The van der Waals surface area contributed by atoms with Crippen LogP contribution in [0.1, 0.15) is 72.4 Å². The molecule has 1 aliphatic rings. The maximum Gasteiger partial charge on any atom is 0.281 e. The molecule has 1 fully saturated rings. The zero-order valence-electron chi connectivity index (χ0n) is 21.3. The summed E-state index contributed by atoms with van der Waals surface area (Å²) in [5.41, 5.74) is 4.48.